The number of halogens is 1. The van der Waals surface area contributed by atoms with Crippen LogP contribution in [0.4, 0.5) is 0 Å². The highest BCUT2D eigenvalue weighted by molar-refractivity contribution is 5.85. The predicted molar refractivity (Wildman–Crippen MR) is 90.2 cm³/mol. The highest BCUT2D eigenvalue weighted by Crippen LogP contribution is 2.28. The molecule has 2 aromatic rings. The molecule has 2 heterocycles. The molecule has 2 unspecified atom stereocenters. The van der Waals surface area contributed by atoms with Crippen LogP contribution in [0.1, 0.15) is 31.6 Å². The first-order valence-electron chi connectivity index (χ1n) is 7.62. The fraction of sp³-hybridized carbons (Fsp3) is 0.471. The van der Waals surface area contributed by atoms with Crippen molar-refractivity contribution in [3.8, 4) is 0 Å². The molecule has 1 amide bonds. The third-order valence-electron chi connectivity index (χ3n) is 4.43. The maximum absolute atomic E-state index is 12.6. The van der Waals surface area contributed by atoms with Gasteiger partial charge < -0.3 is 14.6 Å². The van der Waals surface area contributed by atoms with E-state index >= 15 is 0 Å². The van der Waals surface area contributed by atoms with E-state index in [2.05, 4.69) is 5.32 Å². The van der Waals surface area contributed by atoms with E-state index in [1.165, 1.54) is 0 Å². The molecule has 5 heteroatoms. The average Bonchev–Trinajstić information content (AvgIpc) is 2.97. The van der Waals surface area contributed by atoms with Gasteiger partial charge in [0.15, 0.2) is 0 Å². The predicted octanol–water partition coefficient (Wildman–Crippen LogP) is 3.37. The summed E-state index contributed by atoms with van der Waals surface area (Å²) in [4.78, 5) is 14.4. The summed E-state index contributed by atoms with van der Waals surface area (Å²) in [6, 6.07) is 9.92. The molecule has 1 saturated heterocycles. The van der Waals surface area contributed by atoms with Crippen molar-refractivity contribution in [3.63, 3.8) is 0 Å². The molecule has 22 heavy (non-hydrogen) atoms. The molecule has 0 aliphatic carbocycles. The Hall–Kier alpha value is -1.52. The summed E-state index contributed by atoms with van der Waals surface area (Å²) in [5, 5.41) is 4.38. The van der Waals surface area contributed by atoms with E-state index < -0.39 is 0 Å². The summed E-state index contributed by atoms with van der Waals surface area (Å²) >= 11 is 0. The average molecular weight is 323 g/mol. The first-order chi connectivity index (χ1) is 10.2. The number of furan rings is 1. The number of hydrogen-bond acceptors (Lipinski definition) is 3. The Balaban J connectivity index is 0.00000176. The molecule has 0 bridgehead atoms. The fourth-order valence-corrected chi connectivity index (χ4v) is 2.94. The lowest BCUT2D eigenvalue weighted by Gasteiger charge is -2.30. The Bertz CT molecular complexity index is 601. The van der Waals surface area contributed by atoms with Gasteiger partial charge in [0.2, 0.25) is 5.91 Å². The number of carbonyl (C=O) groups is 1. The lowest BCUT2D eigenvalue weighted by atomic mass is 9.97. The van der Waals surface area contributed by atoms with Gasteiger partial charge in [0.05, 0.1) is 12.0 Å². The van der Waals surface area contributed by atoms with Gasteiger partial charge in [-0.1, -0.05) is 18.2 Å². The first-order valence-corrected chi connectivity index (χ1v) is 7.62. The van der Waals surface area contributed by atoms with Crippen molar-refractivity contribution in [2.24, 2.45) is 5.92 Å². The molecule has 1 aliphatic heterocycles. The van der Waals surface area contributed by atoms with Crippen LogP contribution in [0, 0.1) is 5.92 Å². The highest BCUT2D eigenvalue weighted by atomic mass is 35.5. The minimum absolute atomic E-state index is 0. The van der Waals surface area contributed by atoms with Crippen molar-refractivity contribution in [1.82, 2.24) is 10.2 Å². The minimum Gasteiger partial charge on any atom is -0.459 e. The van der Waals surface area contributed by atoms with Gasteiger partial charge in [-0.15, -0.1) is 12.4 Å². The van der Waals surface area contributed by atoms with Gasteiger partial charge >= 0.3 is 0 Å². The van der Waals surface area contributed by atoms with E-state index in [0.29, 0.717) is 0 Å². The zero-order valence-electron chi connectivity index (χ0n) is 13.0. The van der Waals surface area contributed by atoms with E-state index in [1.54, 1.807) is 0 Å². The maximum atomic E-state index is 12.6. The van der Waals surface area contributed by atoms with E-state index in [9.17, 15) is 4.79 Å². The van der Waals surface area contributed by atoms with Crippen molar-refractivity contribution in [2.45, 2.75) is 25.8 Å². The number of carbonyl (C=O) groups excluding carboxylic acids is 1. The molecule has 4 nitrogen and oxygen atoms in total. The topological polar surface area (TPSA) is 45.5 Å². The van der Waals surface area contributed by atoms with Crippen LogP contribution >= 0.6 is 12.4 Å². The van der Waals surface area contributed by atoms with Crippen molar-refractivity contribution in [1.29, 1.82) is 0 Å². The second kappa shape index (κ2) is 7.16. The number of rotatable bonds is 3. The molecule has 120 valence electrons. The smallest absolute Gasteiger partial charge is 0.227 e. The number of hydrogen-bond donors (Lipinski definition) is 1. The fourth-order valence-electron chi connectivity index (χ4n) is 2.94. The zero-order valence-corrected chi connectivity index (χ0v) is 13.9. The molecule has 0 spiro atoms. The van der Waals surface area contributed by atoms with Gasteiger partial charge in [-0.25, -0.2) is 0 Å². The molecule has 0 saturated carbocycles. The highest BCUT2D eigenvalue weighted by Gasteiger charge is 2.28. The van der Waals surface area contributed by atoms with Crippen LogP contribution in [-0.2, 0) is 4.79 Å². The van der Waals surface area contributed by atoms with Crippen molar-refractivity contribution in [2.75, 3.05) is 20.1 Å². The minimum atomic E-state index is -0.0492. The Morgan fingerprint density at radius 3 is 2.86 bits per heavy atom. The number of amides is 1. The molecule has 3 rings (SSSR count). The van der Waals surface area contributed by atoms with Crippen LogP contribution in [0.5, 0.6) is 0 Å². The van der Waals surface area contributed by atoms with E-state index in [-0.39, 0.29) is 30.3 Å². The number of nitrogens with zero attached hydrogens (tertiary/aromatic N) is 1. The Kier molecular flexibility index (Phi) is 5.48. The standard InChI is InChI=1S/C17H22N2O2.ClH/c1-12(16-10-13-6-3-4-8-15(13)21-16)19(2)17(20)14-7-5-9-18-11-14;/h3-4,6,8,10,12,14,18H,5,7,9,11H2,1-2H3;1H. The molecular weight excluding hydrogens is 300 g/mol. The van der Waals surface area contributed by atoms with Crippen LogP contribution in [0.15, 0.2) is 34.7 Å². The van der Waals surface area contributed by atoms with Crippen LogP contribution in [0.25, 0.3) is 11.0 Å². The number of fused-ring (bicyclic) bond motifs is 1. The van der Waals surface area contributed by atoms with Crippen LogP contribution < -0.4 is 5.32 Å². The van der Waals surface area contributed by atoms with Gasteiger partial charge in [-0.3, -0.25) is 4.79 Å². The van der Waals surface area contributed by atoms with Gasteiger partial charge in [-0.05, 0) is 38.4 Å². The van der Waals surface area contributed by atoms with E-state index in [0.717, 1.165) is 42.7 Å². The van der Waals surface area contributed by atoms with Crippen molar-refractivity contribution in [3.05, 3.63) is 36.1 Å². The molecule has 1 aromatic heterocycles. The van der Waals surface area contributed by atoms with Crippen LogP contribution in [0.2, 0.25) is 0 Å². The second-order valence-corrected chi connectivity index (χ2v) is 5.85. The molecule has 1 aliphatic rings. The molecular formula is C17H23ClN2O2. The Labute approximate surface area is 137 Å². The summed E-state index contributed by atoms with van der Waals surface area (Å²) in [6.07, 6.45) is 2.05. The first kappa shape index (κ1) is 16.8. The monoisotopic (exact) mass is 322 g/mol. The van der Waals surface area contributed by atoms with Crippen LogP contribution in [-0.4, -0.2) is 30.9 Å². The largest absolute Gasteiger partial charge is 0.459 e. The Morgan fingerprint density at radius 2 is 2.18 bits per heavy atom. The number of benzene rings is 1. The summed E-state index contributed by atoms with van der Waals surface area (Å²) < 4.78 is 5.88. The lowest BCUT2D eigenvalue weighted by Crippen LogP contribution is -2.42. The number of para-hydroxylation sites is 1. The lowest BCUT2D eigenvalue weighted by molar-refractivity contribution is -0.137. The zero-order chi connectivity index (χ0) is 14.8. The van der Waals surface area contributed by atoms with Crippen molar-refractivity contribution < 1.29 is 9.21 Å². The summed E-state index contributed by atoms with van der Waals surface area (Å²) in [5.74, 6) is 1.14. The molecule has 2 atom stereocenters. The summed E-state index contributed by atoms with van der Waals surface area (Å²) in [6.45, 7) is 3.83. The number of piperidine rings is 1. The van der Waals surface area contributed by atoms with Gasteiger partial charge in [0.25, 0.3) is 0 Å². The maximum Gasteiger partial charge on any atom is 0.227 e. The van der Waals surface area contributed by atoms with Gasteiger partial charge in [0, 0.05) is 19.0 Å². The van der Waals surface area contributed by atoms with E-state index in [1.807, 2.05) is 49.2 Å². The van der Waals surface area contributed by atoms with Crippen LogP contribution in [0.3, 0.4) is 0 Å². The SMILES string of the molecule is CC(c1cc2ccccc2o1)N(C)C(=O)C1CCCNC1.Cl. The molecule has 1 aromatic carbocycles. The molecule has 1 fully saturated rings. The molecule has 1 N–H and O–H groups in total. The third-order valence-corrected chi connectivity index (χ3v) is 4.43. The summed E-state index contributed by atoms with van der Waals surface area (Å²) in [7, 11) is 1.87. The molecule has 0 radical (unpaired) electrons. The normalized spacial score (nSPS) is 19.5. The van der Waals surface area contributed by atoms with Crippen molar-refractivity contribution >= 4 is 29.3 Å². The third kappa shape index (κ3) is 3.28. The number of nitrogens with one attached hydrogen (secondary N) is 1. The Morgan fingerprint density at radius 1 is 1.41 bits per heavy atom. The summed E-state index contributed by atoms with van der Waals surface area (Å²) in [5.41, 5.74) is 0.875. The van der Waals surface area contributed by atoms with E-state index in [4.69, 9.17) is 4.42 Å². The second-order valence-electron chi connectivity index (χ2n) is 5.85. The van der Waals surface area contributed by atoms with Gasteiger partial charge in [0.1, 0.15) is 11.3 Å². The quantitative estimate of drug-likeness (QED) is 0.942. The van der Waals surface area contributed by atoms with Gasteiger partial charge in [-0.2, -0.15) is 0 Å².